The second-order valence-corrected chi connectivity index (χ2v) is 13.3. The van der Waals surface area contributed by atoms with Gasteiger partial charge in [0.25, 0.3) is 0 Å². The van der Waals surface area contributed by atoms with Gasteiger partial charge in [-0.05, 0) is 62.6 Å². The van der Waals surface area contributed by atoms with Crippen LogP contribution in [0.15, 0.2) is 65.8 Å². The molecule has 2 N–H and O–H groups in total. The van der Waals surface area contributed by atoms with Gasteiger partial charge in [-0.1, -0.05) is 30.3 Å². The van der Waals surface area contributed by atoms with Gasteiger partial charge in [-0.25, -0.2) is 14.6 Å². The minimum Gasteiger partial charge on any atom is -0.458 e. The summed E-state index contributed by atoms with van der Waals surface area (Å²) in [7, 11) is 1.86. The Hall–Kier alpha value is -6.09. The van der Waals surface area contributed by atoms with Crippen LogP contribution in [0.2, 0.25) is 0 Å². The number of carbonyl (C=O) groups is 6. The molecule has 290 valence electrons. The lowest BCUT2D eigenvalue weighted by atomic mass is 9.96. The van der Waals surface area contributed by atoms with Crippen molar-refractivity contribution in [1.82, 2.24) is 20.1 Å². The van der Waals surface area contributed by atoms with E-state index in [0.717, 1.165) is 22.0 Å². The molecule has 0 saturated carbocycles. The first-order chi connectivity index (χ1) is 26.4. The fourth-order valence-electron chi connectivity index (χ4n) is 6.40. The number of rotatable bonds is 15. The molecule has 0 radical (unpaired) electrons. The van der Waals surface area contributed by atoms with Crippen molar-refractivity contribution in [3.63, 3.8) is 0 Å². The highest BCUT2D eigenvalue weighted by molar-refractivity contribution is 5.95. The highest BCUT2D eigenvalue weighted by Crippen LogP contribution is 2.38. The molecule has 3 aromatic rings. The maximum atomic E-state index is 13.1. The monoisotopic (exact) mass is 755 g/mol. The quantitative estimate of drug-likeness (QED) is 0.170. The molecule has 1 aromatic heterocycles. The van der Waals surface area contributed by atoms with E-state index in [-0.39, 0.29) is 49.5 Å². The summed E-state index contributed by atoms with van der Waals surface area (Å²) in [4.78, 5) is 83.2. The number of cyclic esters (lactones) is 1. The molecule has 2 aliphatic rings. The Bertz CT molecular complexity index is 2020. The minimum absolute atomic E-state index is 0.0120. The third-order valence-electron chi connectivity index (χ3n) is 9.15. The molecule has 1 unspecified atom stereocenters. The Morgan fingerprint density at radius 2 is 1.84 bits per heavy atom. The molecule has 1 atom stereocenters. The Labute approximate surface area is 318 Å². The molecule has 15 heteroatoms. The Morgan fingerprint density at radius 1 is 1.09 bits per heavy atom. The number of para-hydroxylation sites is 1. The predicted molar refractivity (Wildman–Crippen MR) is 201 cm³/mol. The zero-order valence-corrected chi connectivity index (χ0v) is 31.5. The van der Waals surface area contributed by atoms with Crippen molar-refractivity contribution in [3.05, 3.63) is 88.1 Å². The molecule has 0 aliphatic carbocycles. The van der Waals surface area contributed by atoms with Crippen LogP contribution >= 0.6 is 0 Å². The van der Waals surface area contributed by atoms with E-state index in [1.807, 2.05) is 55.0 Å². The number of aromatic nitrogens is 1. The van der Waals surface area contributed by atoms with Gasteiger partial charge in [0.05, 0.1) is 23.5 Å². The van der Waals surface area contributed by atoms with E-state index in [0.29, 0.717) is 55.0 Å². The SMILES string of the molecule is CCOCC(=O)NCC(=O)Nc1ccc(COC(=O)OC2C(=O)OCC(C=O)=C2/C=C2/c3nc4ccccc4c(CCN(C(C)=O)C(C)C)c3CN2C)cc1. The van der Waals surface area contributed by atoms with E-state index in [4.69, 9.17) is 23.9 Å². The summed E-state index contributed by atoms with van der Waals surface area (Å²) in [6, 6.07) is 14.2. The van der Waals surface area contributed by atoms with Crippen molar-refractivity contribution in [2.75, 3.05) is 45.3 Å². The molecule has 3 amide bonds. The van der Waals surface area contributed by atoms with Gasteiger partial charge in [0.2, 0.25) is 23.8 Å². The summed E-state index contributed by atoms with van der Waals surface area (Å²) in [6.45, 7) is 7.74. The number of fused-ring (bicyclic) bond motifs is 2. The second-order valence-electron chi connectivity index (χ2n) is 13.3. The number of hydrogen-bond donors (Lipinski definition) is 2. The molecule has 2 aromatic carbocycles. The average molecular weight is 756 g/mol. The van der Waals surface area contributed by atoms with E-state index in [1.165, 1.54) is 0 Å². The number of carbonyl (C=O) groups excluding carboxylic acids is 6. The summed E-state index contributed by atoms with van der Waals surface area (Å²) < 4.78 is 21.0. The zero-order valence-electron chi connectivity index (χ0n) is 31.5. The molecule has 55 heavy (non-hydrogen) atoms. The molecule has 0 fully saturated rings. The predicted octanol–water partition coefficient (Wildman–Crippen LogP) is 3.69. The lowest BCUT2D eigenvalue weighted by Crippen LogP contribution is -2.36. The van der Waals surface area contributed by atoms with Crippen LogP contribution in [0.4, 0.5) is 10.5 Å². The summed E-state index contributed by atoms with van der Waals surface area (Å²) in [5.74, 6) is -1.73. The third kappa shape index (κ3) is 9.92. The number of ether oxygens (including phenoxy) is 4. The second kappa shape index (κ2) is 18.3. The lowest BCUT2D eigenvalue weighted by Gasteiger charge is -2.26. The number of benzene rings is 2. The van der Waals surface area contributed by atoms with Gasteiger partial charge in [-0.3, -0.25) is 19.2 Å². The first-order valence-corrected chi connectivity index (χ1v) is 17.9. The highest BCUT2D eigenvalue weighted by Gasteiger charge is 2.37. The zero-order chi connectivity index (χ0) is 39.6. The maximum Gasteiger partial charge on any atom is 0.509 e. The number of amides is 3. The normalized spacial score (nSPS) is 15.8. The minimum atomic E-state index is -1.59. The third-order valence-corrected chi connectivity index (χ3v) is 9.15. The Morgan fingerprint density at radius 3 is 2.53 bits per heavy atom. The van der Waals surface area contributed by atoms with Crippen LogP contribution in [0.25, 0.3) is 16.6 Å². The number of aldehydes is 1. The van der Waals surface area contributed by atoms with E-state index >= 15 is 0 Å². The molecule has 3 heterocycles. The number of anilines is 1. The number of pyridine rings is 1. The molecular weight excluding hydrogens is 710 g/mol. The van der Waals surface area contributed by atoms with Crippen molar-refractivity contribution in [2.24, 2.45) is 0 Å². The van der Waals surface area contributed by atoms with Crippen LogP contribution in [0.5, 0.6) is 0 Å². The first kappa shape index (κ1) is 40.1. The van der Waals surface area contributed by atoms with Gasteiger partial charge in [-0.15, -0.1) is 0 Å². The van der Waals surface area contributed by atoms with Gasteiger partial charge in [0, 0.05) is 67.5 Å². The van der Waals surface area contributed by atoms with E-state index in [1.54, 1.807) is 44.2 Å². The van der Waals surface area contributed by atoms with Gasteiger partial charge in [0.15, 0.2) is 0 Å². The molecule has 0 spiro atoms. The highest BCUT2D eigenvalue weighted by atomic mass is 16.7. The maximum absolute atomic E-state index is 13.1. The van der Waals surface area contributed by atoms with Gasteiger partial charge in [-0.2, -0.15) is 0 Å². The van der Waals surface area contributed by atoms with Gasteiger partial charge < -0.3 is 39.4 Å². The molecule has 15 nitrogen and oxygen atoms in total. The van der Waals surface area contributed by atoms with E-state index < -0.39 is 30.0 Å². The fourth-order valence-corrected chi connectivity index (χ4v) is 6.40. The van der Waals surface area contributed by atoms with Crippen LogP contribution in [0.1, 0.15) is 50.1 Å². The average Bonchev–Trinajstić information content (AvgIpc) is 3.47. The molecule has 0 bridgehead atoms. The lowest BCUT2D eigenvalue weighted by molar-refractivity contribution is -0.153. The van der Waals surface area contributed by atoms with Crippen LogP contribution < -0.4 is 10.6 Å². The van der Waals surface area contributed by atoms with Gasteiger partial charge >= 0.3 is 12.1 Å². The van der Waals surface area contributed by atoms with Crippen molar-refractivity contribution >= 4 is 58.4 Å². The Kier molecular flexibility index (Phi) is 13.3. The van der Waals surface area contributed by atoms with E-state index in [9.17, 15) is 28.8 Å². The summed E-state index contributed by atoms with van der Waals surface area (Å²) in [5.41, 5.74) is 5.28. The molecule has 2 aliphatic heterocycles. The van der Waals surface area contributed by atoms with Crippen molar-refractivity contribution < 1.29 is 47.7 Å². The molecular formula is C40H45N5O10. The Balaban J connectivity index is 1.31. The molecule has 5 rings (SSSR count). The van der Waals surface area contributed by atoms with Crippen LogP contribution in [-0.2, 0) is 62.5 Å². The summed E-state index contributed by atoms with van der Waals surface area (Å²) >= 11 is 0. The first-order valence-electron chi connectivity index (χ1n) is 17.9. The van der Waals surface area contributed by atoms with Crippen LogP contribution in [0, 0.1) is 0 Å². The topological polar surface area (TPSA) is 183 Å². The number of esters is 1. The summed E-state index contributed by atoms with van der Waals surface area (Å²) in [5, 5.41) is 6.07. The van der Waals surface area contributed by atoms with Gasteiger partial charge in [0.1, 0.15) is 26.1 Å². The smallest absolute Gasteiger partial charge is 0.458 e. The fraction of sp³-hybridized carbons (Fsp3) is 0.375. The van der Waals surface area contributed by atoms with Crippen LogP contribution in [0.3, 0.4) is 0 Å². The largest absolute Gasteiger partial charge is 0.509 e. The number of hydrogen-bond acceptors (Lipinski definition) is 12. The van der Waals surface area contributed by atoms with Crippen molar-refractivity contribution in [3.8, 4) is 0 Å². The van der Waals surface area contributed by atoms with Crippen molar-refractivity contribution in [2.45, 2.75) is 59.4 Å². The van der Waals surface area contributed by atoms with Crippen LogP contribution in [-0.4, -0.2) is 103 Å². The molecule has 0 saturated heterocycles. The standard InChI is InChI=1S/C40H45N5O10/c1-6-52-23-36(49)41-18-35(48)42-28-13-11-26(12-14-28)21-54-40(51)55-38-31(27(20-46)22-53-39(38)50)17-34-37-32(19-44(34)5)29(15-16-45(24(2)3)25(4)47)30-9-7-8-10-33(30)43-37/h7-14,17,20,24,38H,6,15-16,18-19,21-23H2,1-5H3,(H,41,49)(H,42,48)/b34-17-. The van der Waals surface area contributed by atoms with Crippen molar-refractivity contribution in [1.29, 1.82) is 0 Å². The summed E-state index contributed by atoms with van der Waals surface area (Å²) in [6.07, 6.45) is 0.0213. The number of nitrogens with one attached hydrogen (secondary N) is 2. The number of nitrogens with zero attached hydrogens (tertiary/aromatic N) is 3. The van der Waals surface area contributed by atoms with E-state index in [2.05, 4.69) is 10.6 Å².